The smallest absolute Gasteiger partial charge is 0.462 e. The molecule has 0 aliphatic heterocycles. The lowest BCUT2D eigenvalue weighted by Gasteiger charge is -2.21. The molecule has 0 aromatic rings. The molecule has 0 saturated carbocycles. The first-order valence-corrected chi connectivity index (χ1v) is 43.8. The van der Waals surface area contributed by atoms with Crippen LogP contribution in [0.2, 0.25) is 0 Å². The van der Waals surface area contributed by atoms with Crippen LogP contribution in [0.15, 0.2) is 0 Å². The van der Waals surface area contributed by atoms with E-state index < -0.39 is 97.5 Å². The minimum absolute atomic E-state index is 0.107. The topological polar surface area (TPSA) is 237 Å². The van der Waals surface area contributed by atoms with Gasteiger partial charge in [-0.1, -0.05) is 357 Å². The van der Waals surface area contributed by atoms with E-state index in [2.05, 4.69) is 48.5 Å². The Morgan fingerprint density at radius 1 is 0.276 bits per heavy atom. The third kappa shape index (κ3) is 72.4. The van der Waals surface area contributed by atoms with E-state index in [-0.39, 0.29) is 25.7 Å². The average molecular weight is 1440 g/mol. The Morgan fingerprint density at radius 3 is 0.694 bits per heavy atom. The van der Waals surface area contributed by atoms with Gasteiger partial charge < -0.3 is 33.8 Å². The number of hydrogen-bond acceptors (Lipinski definition) is 15. The third-order valence-electron chi connectivity index (χ3n) is 18.4. The first-order valence-electron chi connectivity index (χ1n) is 40.8. The fraction of sp³-hybridized carbons (Fsp3) is 0.949. The third-order valence-corrected chi connectivity index (χ3v) is 20.3. The Bertz CT molecular complexity index is 1900. The van der Waals surface area contributed by atoms with Gasteiger partial charge in [0.15, 0.2) is 12.2 Å². The van der Waals surface area contributed by atoms with Gasteiger partial charge in [0.25, 0.3) is 0 Å². The zero-order valence-electron chi connectivity index (χ0n) is 64.3. The molecule has 0 rings (SSSR count). The van der Waals surface area contributed by atoms with Gasteiger partial charge in [0.2, 0.25) is 0 Å². The lowest BCUT2D eigenvalue weighted by atomic mass is 10.0. The number of rotatable bonds is 77. The van der Waals surface area contributed by atoms with E-state index >= 15 is 0 Å². The summed E-state index contributed by atoms with van der Waals surface area (Å²) in [7, 11) is -9.91. The number of phosphoric ester groups is 2. The second-order valence-corrected chi connectivity index (χ2v) is 32.8. The lowest BCUT2D eigenvalue weighted by Crippen LogP contribution is -2.30. The minimum Gasteiger partial charge on any atom is -0.462 e. The van der Waals surface area contributed by atoms with E-state index in [1.807, 2.05) is 0 Å². The van der Waals surface area contributed by atoms with Crippen LogP contribution in [0.1, 0.15) is 408 Å². The van der Waals surface area contributed by atoms with Gasteiger partial charge in [-0.15, -0.1) is 0 Å². The molecule has 3 N–H and O–H groups in total. The normalized spacial score (nSPS) is 14.0. The molecular formula is C79H154O17P2. The van der Waals surface area contributed by atoms with Crippen LogP contribution >= 0.6 is 15.6 Å². The van der Waals surface area contributed by atoms with E-state index in [0.717, 1.165) is 114 Å². The maximum atomic E-state index is 13.1. The van der Waals surface area contributed by atoms with E-state index in [1.54, 1.807) is 0 Å². The molecular weight excluding hydrogens is 1280 g/mol. The summed E-state index contributed by atoms with van der Waals surface area (Å²) in [4.78, 5) is 72.9. The van der Waals surface area contributed by atoms with Crippen molar-refractivity contribution in [2.45, 2.75) is 426 Å². The van der Waals surface area contributed by atoms with Gasteiger partial charge in [-0.3, -0.25) is 37.3 Å². The van der Waals surface area contributed by atoms with Gasteiger partial charge >= 0.3 is 39.5 Å². The molecule has 582 valence electrons. The molecule has 0 bridgehead atoms. The molecule has 17 nitrogen and oxygen atoms in total. The Labute approximate surface area is 600 Å². The summed E-state index contributed by atoms with van der Waals surface area (Å²) in [5, 5.41) is 10.6. The van der Waals surface area contributed by atoms with Gasteiger partial charge in [-0.2, -0.15) is 0 Å². The van der Waals surface area contributed by atoms with Gasteiger partial charge in [0.05, 0.1) is 26.4 Å². The fourth-order valence-electron chi connectivity index (χ4n) is 12.1. The number of carbonyl (C=O) groups excluding carboxylic acids is 4. The zero-order valence-corrected chi connectivity index (χ0v) is 66.0. The molecule has 0 aromatic heterocycles. The summed E-state index contributed by atoms with van der Waals surface area (Å²) < 4.78 is 68.6. The summed E-state index contributed by atoms with van der Waals surface area (Å²) in [5.74, 6) is 0.262. The number of aliphatic hydroxyl groups excluding tert-OH is 1. The van der Waals surface area contributed by atoms with E-state index in [0.29, 0.717) is 25.7 Å². The van der Waals surface area contributed by atoms with E-state index in [9.17, 15) is 43.2 Å². The van der Waals surface area contributed by atoms with Crippen molar-refractivity contribution >= 4 is 39.5 Å². The van der Waals surface area contributed by atoms with Crippen LogP contribution in [-0.2, 0) is 65.4 Å². The Kier molecular flexibility index (Phi) is 68.1. The van der Waals surface area contributed by atoms with Crippen molar-refractivity contribution in [3.05, 3.63) is 0 Å². The highest BCUT2D eigenvalue weighted by Crippen LogP contribution is 2.45. The summed E-state index contributed by atoms with van der Waals surface area (Å²) in [5.41, 5.74) is 0. The van der Waals surface area contributed by atoms with Gasteiger partial charge in [-0.05, 0) is 43.4 Å². The Hall–Kier alpha value is -1.94. The largest absolute Gasteiger partial charge is 0.472 e. The van der Waals surface area contributed by atoms with Crippen LogP contribution in [0.3, 0.4) is 0 Å². The second kappa shape index (κ2) is 69.4. The molecule has 0 heterocycles. The quantitative estimate of drug-likeness (QED) is 0.0222. The number of aliphatic hydroxyl groups is 1. The summed E-state index contributed by atoms with van der Waals surface area (Å²) >= 11 is 0. The zero-order chi connectivity index (χ0) is 72.3. The highest BCUT2D eigenvalue weighted by molar-refractivity contribution is 7.47. The monoisotopic (exact) mass is 1440 g/mol. The molecule has 98 heavy (non-hydrogen) atoms. The van der Waals surface area contributed by atoms with Crippen LogP contribution in [0.5, 0.6) is 0 Å². The van der Waals surface area contributed by atoms with Crippen LogP contribution in [0, 0.1) is 17.8 Å². The van der Waals surface area contributed by atoms with Crippen LogP contribution in [0.25, 0.3) is 0 Å². The van der Waals surface area contributed by atoms with Crippen molar-refractivity contribution < 1.29 is 80.2 Å². The van der Waals surface area contributed by atoms with Crippen LogP contribution < -0.4 is 0 Å². The van der Waals surface area contributed by atoms with Crippen molar-refractivity contribution in [1.29, 1.82) is 0 Å². The molecule has 0 aliphatic carbocycles. The minimum atomic E-state index is -4.96. The van der Waals surface area contributed by atoms with Crippen molar-refractivity contribution in [2.75, 3.05) is 39.6 Å². The van der Waals surface area contributed by atoms with Crippen molar-refractivity contribution in [1.82, 2.24) is 0 Å². The summed E-state index contributed by atoms with van der Waals surface area (Å²) in [6, 6.07) is 0. The molecule has 0 aliphatic rings. The van der Waals surface area contributed by atoms with Crippen molar-refractivity contribution in [3.8, 4) is 0 Å². The van der Waals surface area contributed by atoms with E-state index in [4.69, 9.17) is 37.0 Å². The highest BCUT2D eigenvalue weighted by atomic mass is 31.2. The number of phosphoric acid groups is 2. The molecule has 0 spiro atoms. The number of hydrogen-bond donors (Lipinski definition) is 3. The fourth-order valence-corrected chi connectivity index (χ4v) is 13.7. The van der Waals surface area contributed by atoms with Crippen molar-refractivity contribution in [2.24, 2.45) is 17.8 Å². The molecule has 2 unspecified atom stereocenters. The second-order valence-electron chi connectivity index (χ2n) is 29.9. The highest BCUT2D eigenvalue weighted by Gasteiger charge is 2.30. The summed E-state index contributed by atoms with van der Waals surface area (Å²) in [6.07, 6.45) is 56.9. The molecule has 0 aromatic carbocycles. The Morgan fingerprint density at radius 2 is 0.469 bits per heavy atom. The molecule has 0 radical (unpaired) electrons. The van der Waals surface area contributed by atoms with Crippen LogP contribution in [-0.4, -0.2) is 96.7 Å². The standard InChI is InChI=1S/C79H154O17P2/c1-8-9-10-11-12-39-46-53-60-76(81)89-66-74(95-79(84)63-56-49-42-35-29-23-22-26-32-38-45-52-59-72(6)7)68-93-97(85,86)91-64-73(80)65-92-98(87,88)94-69-75(67-90-77(82)61-54-47-40-33-27-21-17-19-25-31-37-44-51-58-71(4)5)96-78(83)62-55-48-41-34-28-20-16-14-13-15-18-24-30-36-43-50-57-70(2)3/h70-75,80H,8-69H2,1-7H3,(H,85,86)(H,87,88)/t73-,74+,75+/m0/s1. The summed E-state index contributed by atoms with van der Waals surface area (Å²) in [6.45, 7) is 12.0. The molecule has 0 amide bonds. The maximum Gasteiger partial charge on any atom is 0.472 e. The molecule has 19 heteroatoms. The first-order chi connectivity index (χ1) is 47.2. The number of ether oxygens (including phenoxy) is 4. The first kappa shape index (κ1) is 96.1. The molecule has 5 atom stereocenters. The predicted octanol–water partition coefficient (Wildman–Crippen LogP) is 23.4. The number of esters is 4. The van der Waals surface area contributed by atoms with E-state index in [1.165, 1.54) is 212 Å². The average Bonchev–Trinajstić information content (AvgIpc) is 1.09. The van der Waals surface area contributed by atoms with Gasteiger partial charge in [-0.25, -0.2) is 9.13 Å². The van der Waals surface area contributed by atoms with Gasteiger partial charge in [0.1, 0.15) is 19.3 Å². The lowest BCUT2D eigenvalue weighted by molar-refractivity contribution is -0.161. The Balaban J connectivity index is 5.21. The number of carbonyl (C=O) groups is 4. The maximum absolute atomic E-state index is 13.1. The molecule has 0 fully saturated rings. The number of unbranched alkanes of at least 4 members (excludes halogenated alkanes) is 45. The molecule has 0 saturated heterocycles. The van der Waals surface area contributed by atoms with Crippen LogP contribution in [0.4, 0.5) is 0 Å². The predicted molar refractivity (Wildman–Crippen MR) is 400 cm³/mol. The van der Waals surface area contributed by atoms with Gasteiger partial charge in [0, 0.05) is 25.7 Å². The van der Waals surface area contributed by atoms with Crippen molar-refractivity contribution in [3.63, 3.8) is 0 Å². The SMILES string of the molecule is CCCCCCCCCCC(=O)OC[C@H](COP(=O)(O)OC[C@H](O)COP(=O)(O)OC[C@@H](COC(=O)CCCCCCCCCCCCCCCC(C)C)OC(=O)CCCCCCCCCCCCCCCCCCC(C)C)OC(=O)CCCCCCCCCCCCCCC(C)C.